The fourth-order valence-corrected chi connectivity index (χ4v) is 4.75. The van der Waals surface area contributed by atoms with E-state index in [0.29, 0.717) is 5.75 Å². The maximum Gasteiger partial charge on any atom is 0.417 e. The summed E-state index contributed by atoms with van der Waals surface area (Å²) in [6.45, 7) is 1.08. The summed E-state index contributed by atoms with van der Waals surface area (Å²) >= 11 is 0. The molecule has 12 heteroatoms. The molecule has 0 aliphatic rings. The number of nitrogens with one attached hydrogen (secondary N) is 1. The highest BCUT2D eigenvalue weighted by molar-refractivity contribution is 7.92. The summed E-state index contributed by atoms with van der Waals surface area (Å²) in [6.07, 6.45) is -3.77. The molecular weight excluding hydrogens is 511 g/mol. The molecule has 196 valence electrons. The molecule has 0 heterocycles. The minimum Gasteiger partial charge on any atom is -0.493 e. The maximum absolute atomic E-state index is 13.5. The van der Waals surface area contributed by atoms with Crippen molar-refractivity contribution < 1.29 is 35.9 Å². The first kappa shape index (κ1) is 27.5. The highest BCUT2D eigenvalue weighted by Crippen LogP contribution is 2.34. The molecule has 8 nitrogen and oxygen atoms in total. The number of hydrogen-bond acceptors (Lipinski definition) is 6. The Labute approximate surface area is 212 Å². The third-order valence-electron chi connectivity index (χ3n) is 5.21. The smallest absolute Gasteiger partial charge is 0.417 e. The van der Waals surface area contributed by atoms with Crippen LogP contribution in [-0.2, 0) is 21.0 Å². The van der Waals surface area contributed by atoms with Gasteiger partial charge in [0.15, 0.2) is 11.5 Å². The van der Waals surface area contributed by atoms with E-state index in [1.807, 2.05) is 0 Å². The van der Waals surface area contributed by atoms with E-state index >= 15 is 0 Å². The number of nitrogens with zero attached hydrogens (tertiary/aromatic N) is 2. The van der Waals surface area contributed by atoms with Crippen LogP contribution in [0.3, 0.4) is 0 Å². The van der Waals surface area contributed by atoms with Gasteiger partial charge in [-0.3, -0.25) is 9.10 Å². The number of rotatable bonds is 9. The Hall–Kier alpha value is -4.06. The molecule has 0 unspecified atom stereocenters. The number of benzene rings is 3. The standard InChI is InChI=1S/C25H24F3N3O5S/c1-17-8-11-20(12-9-17)37(33,34)31(19-10-13-22(35-2)23(14-19)36-3)16-24(32)30-29-15-18-6-4-5-7-21(18)25(26,27)28/h4-15H,16H2,1-3H3,(H,30,32)/b29-15+. The molecule has 0 bridgehead atoms. The maximum atomic E-state index is 13.5. The SMILES string of the molecule is COc1ccc(N(CC(=O)N/N=C/c2ccccc2C(F)(F)F)S(=O)(=O)c2ccc(C)cc2)cc1OC. The summed E-state index contributed by atoms with van der Waals surface area (Å²) < 4.78 is 77.8. The summed E-state index contributed by atoms with van der Waals surface area (Å²) in [5.74, 6) is -0.311. The second kappa shape index (κ2) is 11.3. The Kier molecular flexibility index (Phi) is 8.43. The largest absolute Gasteiger partial charge is 0.493 e. The summed E-state index contributed by atoms with van der Waals surface area (Å²) in [4.78, 5) is 12.6. The quantitative estimate of drug-likeness (QED) is 0.324. The van der Waals surface area contributed by atoms with Gasteiger partial charge in [-0.25, -0.2) is 13.8 Å². The number of methoxy groups -OCH3 is 2. The Morgan fingerprint density at radius 1 is 1.00 bits per heavy atom. The second-order valence-corrected chi connectivity index (χ2v) is 9.60. The lowest BCUT2D eigenvalue weighted by atomic mass is 10.1. The average Bonchev–Trinajstić information content (AvgIpc) is 2.86. The lowest BCUT2D eigenvalue weighted by Gasteiger charge is -2.24. The molecule has 0 saturated carbocycles. The number of carbonyl (C=O) groups excluding carboxylic acids is 1. The van der Waals surface area contributed by atoms with Crippen molar-refractivity contribution in [3.05, 3.63) is 83.4 Å². The number of aryl methyl sites for hydroxylation is 1. The molecule has 0 atom stereocenters. The first-order chi connectivity index (χ1) is 17.5. The van der Waals surface area contributed by atoms with Crippen molar-refractivity contribution >= 4 is 27.8 Å². The van der Waals surface area contributed by atoms with Gasteiger partial charge in [0, 0.05) is 11.6 Å². The van der Waals surface area contributed by atoms with E-state index in [0.717, 1.165) is 22.1 Å². The number of halogens is 3. The van der Waals surface area contributed by atoms with Crippen LogP contribution in [0.1, 0.15) is 16.7 Å². The minimum absolute atomic E-state index is 0.0664. The van der Waals surface area contributed by atoms with E-state index in [9.17, 15) is 26.4 Å². The molecule has 0 saturated heterocycles. The predicted molar refractivity (Wildman–Crippen MR) is 132 cm³/mol. The van der Waals surface area contributed by atoms with Crippen LogP contribution in [-0.4, -0.2) is 41.3 Å². The van der Waals surface area contributed by atoms with E-state index in [-0.39, 0.29) is 21.9 Å². The molecule has 0 aliphatic heterocycles. The Balaban J connectivity index is 1.92. The molecule has 0 radical (unpaired) electrons. The van der Waals surface area contributed by atoms with Gasteiger partial charge in [0.25, 0.3) is 15.9 Å². The van der Waals surface area contributed by atoms with Crippen molar-refractivity contribution in [2.24, 2.45) is 5.10 Å². The van der Waals surface area contributed by atoms with Gasteiger partial charge in [-0.15, -0.1) is 0 Å². The van der Waals surface area contributed by atoms with E-state index in [2.05, 4.69) is 10.5 Å². The Bertz CT molecular complexity index is 1390. The van der Waals surface area contributed by atoms with Gasteiger partial charge in [-0.2, -0.15) is 18.3 Å². The number of ether oxygens (including phenoxy) is 2. The molecule has 1 N–H and O–H groups in total. The highest BCUT2D eigenvalue weighted by Gasteiger charge is 2.32. The van der Waals surface area contributed by atoms with Crippen LogP contribution in [0.2, 0.25) is 0 Å². The normalized spacial score (nSPS) is 11.8. The molecule has 3 aromatic carbocycles. The lowest BCUT2D eigenvalue weighted by molar-refractivity contribution is -0.137. The molecule has 1 amide bonds. The van der Waals surface area contributed by atoms with Gasteiger partial charge < -0.3 is 9.47 Å². The molecule has 3 rings (SSSR count). The third kappa shape index (κ3) is 6.58. The van der Waals surface area contributed by atoms with Crippen molar-refractivity contribution in [3.8, 4) is 11.5 Å². The van der Waals surface area contributed by atoms with Crippen LogP contribution in [0.25, 0.3) is 0 Å². The van der Waals surface area contributed by atoms with Crippen molar-refractivity contribution in [1.29, 1.82) is 0 Å². The van der Waals surface area contributed by atoms with Crippen LogP contribution in [0.15, 0.2) is 76.7 Å². The zero-order valence-corrected chi connectivity index (χ0v) is 20.9. The zero-order valence-electron chi connectivity index (χ0n) is 20.1. The third-order valence-corrected chi connectivity index (χ3v) is 7.00. The van der Waals surface area contributed by atoms with Crippen LogP contribution in [0.5, 0.6) is 11.5 Å². The number of alkyl halides is 3. The van der Waals surface area contributed by atoms with E-state index in [1.54, 1.807) is 19.1 Å². The predicted octanol–water partition coefficient (Wildman–Crippen LogP) is 4.38. The number of anilines is 1. The van der Waals surface area contributed by atoms with Crippen molar-refractivity contribution in [2.45, 2.75) is 18.0 Å². The summed E-state index contributed by atoms with van der Waals surface area (Å²) in [6, 6.07) is 15.0. The fourth-order valence-electron chi connectivity index (χ4n) is 3.34. The van der Waals surface area contributed by atoms with E-state index in [1.165, 1.54) is 62.8 Å². The topological polar surface area (TPSA) is 97.3 Å². The molecule has 37 heavy (non-hydrogen) atoms. The van der Waals surface area contributed by atoms with Gasteiger partial charge >= 0.3 is 6.18 Å². The molecule has 3 aromatic rings. The number of sulfonamides is 1. The van der Waals surface area contributed by atoms with Gasteiger partial charge in [-0.1, -0.05) is 35.9 Å². The van der Waals surface area contributed by atoms with E-state index < -0.39 is 34.2 Å². The zero-order chi connectivity index (χ0) is 27.2. The molecular formula is C25H24F3N3O5S. The second-order valence-electron chi connectivity index (χ2n) is 7.74. The number of amides is 1. The van der Waals surface area contributed by atoms with Crippen LogP contribution in [0, 0.1) is 6.92 Å². The number of hydrogen-bond donors (Lipinski definition) is 1. The summed E-state index contributed by atoms with van der Waals surface area (Å²) in [5, 5.41) is 3.60. The number of carbonyl (C=O) groups is 1. The number of hydrazone groups is 1. The fraction of sp³-hybridized carbons (Fsp3) is 0.200. The van der Waals surface area contributed by atoms with Crippen molar-refractivity contribution in [2.75, 3.05) is 25.1 Å². The van der Waals surface area contributed by atoms with Gasteiger partial charge in [-0.05, 0) is 37.3 Å². The molecule has 0 aromatic heterocycles. The van der Waals surface area contributed by atoms with Crippen LogP contribution < -0.4 is 19.2 Å². The van der Waals surface area contributed by atoms with Gasteiger partial charge in [0.1, 0.15) is 6.54 Å². The monoisotopic (exact) mass is 535 g/mol. The summed E-state index contributed by atoms with van der Waals surface area (Å²) in [7, 11) is -1.45. The molecule has 0 fully saturated rings. The van der Waals surface area contributed by atoms with E-state index in [4.69, 9.17) is 9.47 Å². The Morgan fingerprint density at radius 2 is 1.65 bits per heavy atom. The summed E-state index contributed by atoms with van der Waals surface area (Å²) in [5.41, 5.74) is 1.83. The minimum atomic E-state index is -4.61. The van der Waals surface area contributed by atoms with Crippen molar-refractivity contribution in [1.82, 2.24) is 5.43 Å². The molecule has 0 aliphatic carbocycles. The Morgan fingerprint density at radius 3 is 2.27 bits per heavy atom. The lowest BCUT2D eigenvalue weighted by Crippen LogP contribution is -2.39. The first-order valence-corrected chi connectivity index (χ1v) is 12.2. The average molecular weight is 536 g/mol. The van der Waals surface area contributed by atoms with Gasteiger partial charge in [0.05, 0.1) is 36.6 Å². The highest BCUT2D eigenvalue weighted by atomic mass is 32.2. The first-order valence-electron chi connectivity index (χ1n) is 10.8. The van der Waals surface area contributed by atoms with Crippen LogP contribution in [0.4, 0.5) is 18.9 Å². The van der Waals surface area contributed by atoms with Crippen LogP contribution >= 0.6 is 0 Å². The van der Waals surface area contributed by atoms with Gasteiger partial charge in [0.2, 0.25) is 0 Å². The molecule has 0 spiro atoms. The van der Waals surface area contributed by atoms with Crippen molar-refractivity contribution in [3.63, 3.8) is 0 Å².